The maximum atomic E-state index is 4.44. The molecule has 0 N–H and O–H groups in total. The minimum absolute atomic E-state index is 0. The molecular weight excluding hydrogens is 300 g/mol. The van der Waals surface area contributed by atoms with Crippen LogP contribution in [0.3, 0.4) is 0 Å². The largest absolute Gasteiger partial charge is 2.00 e. The molecule has 0 atom stereocenters. The average molecular weight is 318 g/mol. The SMILES string of the molecule is [Fe+2].c1ccc(CN(Cc2cc[cH-]c2)Cc2ccc[cH-]2)nc1. The fourth-order valence-corrected chi connectivity index (χ4v) is 2.44. The van der Waals surface area contributed by atoms with Gasteiger partial charge >= 0.3 is 17.1 Å². The van der Waals surface area contributed by atoms with Crippen LogP contribution in [0.2, 0.25) is 0 Å². The van der Waals surface area contributed by atoms with Gasteiger partial charge in [-0.2, -0.15) is 41.5 Å². The van der Waals surface area contributed by atoms with Crippen molar-refractivity contribution in [2.24, 2.45) is 0 Å². The minimum Gasteiger partial charge on any atom is -0.303 e. The quantitative estimate of drug-likeness (QED) is 0.509. The van der Waals surface area contributed by atoms with Crippen LogP contribution in [-0.4, -0.2) is 9.88 Å². The predicted octanol–water partition coefficient (Wildman–Crippen LogP) is 3.72. The molecule has 0 bridgehead atoms. The molecule has 2 nitrogen and oxygen atoms in total. The zero-order valence-corrected chi connectivity index (χ0v) is 12.9. The fraction of sp³-hybridized carbons (Fsp3) is 0.167. The second kappa shape index (κ2) is 7.94. The summed E-state index contributed by atoms with van der Waals surface area (Å²) >= 11 is 0. The molecule has 1 aromatic heterocycles. The van der Waals surface area contributed by atoms with Gasteiger partial charge in [0.2, 0.25) is 0 Å². The van der Waals surface area contributed by atoms with Crippen LogP contribution in [0, 0.1) is 0 Å². The molecule has 0 radical (unpaired) electrons. The first-order valence-electron chi connectivity index (χ1n) is 6.93. The van der Waals surface area contributed by atoms with Gasteiger partial charge in [-0.05, 0) is 25.2 Å². The van der Waals surface area contributed by atoms with E-state index in [1.807, 2.05) is 18.3 Å². The molecule has 0 amide bonds. The maximum Gasteiger partial charge on any atom is 2.00 e. The summed E-state index contributed by atoms with van der Waals surface area (Å²) in [5, 5.41) is 0. The van der Waals surface area contributed by atoms with Crippen molar-refractivity contribution in [3.63, 3.8) is 0 Å². The van der Waals surface area contributed by atoms with E-state index in [4.69, 9.17) is 0 Å². The molecule has 0 spiro atoms. The molecule has 0 aliphatic rings. The van der Waals surface area contributed by atoms with Crippen molar-refractivity contribution in [3.8, 4) is 0 Å². The Morgan fingerprint density at radius 3 is 2.57 bits per heavy atom. The first-order valence-corrected chi connectivity index (χ1v) is 6.93. The average Bonchev–Trinajstić information content (AvgIpc) is 3.13. The van der Waals surface area contributed by atoms with Crippen molar-refractivity contribution < 1.29 is 17.1 Å². The van der Waals surface area contributed by atoms with Gasteiger partial charge in [-0.15, -0.1) is 0 Å². The van der Waals surface area contributed by atoms with Gasteiger partial charge in [0.25, 0.3) is 0 Å². The van der Waals surface area contributed by atoms with Crippen molar-refractivity contribution in [1.82, 2.24) is 9.88 Å². The summed E-state index contributed by atoms with van der Waals surface area (Å²) in [5.74, 6) is 0. The molecule has 0 unspecified atom stereocenters. The Morgan fingerprint density at radius 2 is 1.90 bits per heavy atom. The topological polar surface area (TPSA) is 16.1 Å². The van der Waals surface area contributed by atoms with E-state index in [2.05, 4.69) is 64.5 Å². The smallest absolute Gasteiger partial charge is 0.303 e. The molecule has 108 valence electrons. The maximum absolute atomic E-state index is 4.44. The van der Waals surface area contributed by atoms with Gasteiger partial charge in [0.1, 0.15) is 0 Å². The van der Waals surface area contributed by atoms with Crippen molar-refractivity contribution in [3.05, 3.63) is 89.7 Å². The molecule has 0 aliphatic heterocycles. The molecule has 2 aromatic carbocycles. The van der Waals surface area contributed by atoms with Gasteiger partial charge in [0, 0.05) is 12.7 Å². The molecule has 0 fully saturated rings. The monoisotopic (exact) mass is 318 g/mol. The van der Waals surface area contributed by atoms with Gasteiger partial charge in [-0.3, -0.25) is 4.98 Å². The Bertz CT molecular complexity index is 564. The Morgan fingerprint density at radius 1 is 0.952 bits per heavy atom. The van der Waals surface area contributed by atoms with E-state index >= 15 is 0 Å². The molecule has 0 aliphatic carbocycles. The van der Waals surface area contributed by atoms with E-state index in [0.29, 0.717) is 0 Å². The van der Waals surface area contributed by atoms with Crippen LogP contribution in [0.5, 0.6) is 0 Å². The Balaban J connectivity index is 0.00000161. The van der Waals surface area contributed by atoms with Gasteiger partial charge in [0.15, 0.2) is 0 Å². The van der Waals surface area contributed by atoms with Crippen LogP contribution >= 0.6 is 0 Å². The van der Waals surface area contributed by atoms with Crippen molar-refractivity contribution in [2.45, 2.75) is 19.6 Å². The van der Waals surface area contributed by atoms with Crippen molar-refractivity contribution >= 4 is 0 Å². The molecule has 0 saturated carbocycles. The van der Waals surface area contributed by atoms with Gasteiger partial charge in [-0.25, -0.2) is 18.2 Å². The van der Waals surface area contributed by atoms with Crippen LogP contribution in [0.4, 0.5) is 0 Å². The summed E-state index contributed by atoms with van der Waals surface area (Å²) in [5.41, 5.74) is 3.82. The molecule has 21 heavy (non-hydrogen) atoms. The summed E-state index contributed by atoms with van der Waals surface area (Å²) in [7, 11) is 0. The van der Waals surface area contributed by atoms with Crippen LogP contribution in [0.1, 0.15) is 16.8 Å². The van der Waals surface area contributed by atoms with Gasteiger partial charge < -0.3 is 4.90 Å². The van der Waals surface area contributed by atoms with E-state index in [9.17, 15) is 0 Å². The van der Waals surface area contributed by atoms with Gasteiger partial charge in [0.05, 0.1) is 5.69 Å². The number of nitrogens with zero attached hydrogens (tertiary/aromatic N) is 2. The standard InChI is InChI=1S/C18H18N2.Fe/c1-2-8-16(7-1)13-20(14-17-9-3-4-10-17)15-18-11-5-6-12-19-18;/h1-12H,13-15H2;/q-2;+2. The molecular formula is C18H18FeN2. The minimum atomic E-state index is 0. The second-order valence-electron chi connectivity index (χ2n) is 5.05. The predicted molar refractivity (Wildman–Crippen MR) is 81.3 cm³/mol. The van der Waals surface area contributed by atoms with E-state index in [1.54, 1.807) is 0 Å². The van der Waals surface area contributed by atoms with Crippen molar-refractivity contribution in [2.75, 3.05) is 0 Å². The zero-order valence-electron chi connectivity index (χ0n) is 11.8. The van der Waals surface area contributed by atoms with Gasteiger partial charge in [-0.1, -0.05) is 6.07 Å². The molecule has 3 heteroatoms. The summed E-state index contributed by atoms with van der Waals surface area (Å²) in [6.45, 7) is 2.78. The summed E-state index contributed by atoms with van der Waals surface area (Å²) in [4.78, 5) is 6.86. The van der Waals surface area contributed by atoms with E-state index in [0.717, 1.165) is 25.3 Å². The fourth-order valence-electron chi connectivity index (χ4n) is 2.44. The third-order valence-corrected chi connectivity index (χ3v) is 3.39. The van der Waals surface area contributed by atoms with Crippen LogP contribution < -0.4 is 0 Å². The number of hydrogen-bond acceptors (Lipinski definition) is 2. The summed E-state index contributed by atoms with van der Waals surface area (Å²) < 4.78 is 0. The van der Waals surface area contributed by atoms with Crippen LogP contribution in [0.15, 0.2) is 72.9 Å². The molecule has 3 aromatic rings. The Kier molecular flexibility index (Phi) is 5.94. The first-order chi connectivity index (χ1) is 9.90. The van der Waals surface area contributed by atoms with Crippen molar-refractivity contribution in [1.29, 1.82) is 0 Å². The first kappa shape index (κ1) is 15.7. The van der Waals surface area contributed by atoms with E-state index in [-0.39, 0.29) is 17.1 Å². The van der Waals surface area contributed by atoms with E-state index < -0.39 is 0 Å². The Labute approximate surface area is 136 Å². The summed E-state index contributed by atoms with van der Waals surface area (Å²) in [6.07, 6.45) is 1.86. The number of aromatic nitrogens is 1. The number of pyridine rings is 1. The third-order valence-electron chi connectivity index (χ3n) is 3.39. The Hall–Kier alpha value is -1.67. The number of rotatable bonds is 6. The third kappa shape index (κ3) is 4.68. The normalized spacial score (nSPS) is 10.5. The molecule has 0 saturated heterocycles. The summed E-state index contributed by atoms with van der Waals surface area (Å²) in [6, 6.07) is 23.2. The zero-order chi connectivity index (χ0) is 13.6. The molecule has 3 rings (SSSR count). The number of hydrogen-bond donors (Lipinski definition) is 0. The van der Waals surface area contributed by atoms with Crippen LogP contribution in [-0.2, 0) is 36.7 Å². The van der Waals surface area contributed by atoms with Crippen LogP contribution in [0.25, 0.3) is 0 Å². The second-order valence-corrected chi connectivity index (χ2v) is 5.05. The van der Waals surface area contributed by atoms with E-state index in [1.165, 1.54) is 11.1 Å². The molecule has 1 heterocycles.